The third kappa shape index (κ3) is 3.58. The maximum absolute atomic E-state index is 3.82. The molecular formula is C17H27N. The van der Waals surface area contributed by atoms with E-state index in [2.05, 4.69) is 63.3 Å². The van der Waals surface area contributed by atoms with Crippen LogP contribution >= 0.6 is 0 Å². The number of nitrogens with one attached hydrogen (secondary N) is 1. The van der Waals surface area contributed by atoms with E-state index < -0.39 is 0 Å². The van der Waals surface area contributed by atoms with E-state index in [9.17, 15) is 0 Å². The lowest BCUT2D eigenvalue weighted by Crippen LogP contribution is -2.41. The van der Waals surface area contributed by atoms with Crippen LogP contribution in [-0.2, 0) is 0 Å². The third-order valence-electron chi connectivity index (χ3n) is 4.17. The number of hydrogen-bond acceptors (Lipinski definition) is 1. The van der Waals surface area contributed by atoms with Gasteiger partial charge in [0.05, 0.1) is 0 Å². The van der Waals surface area contributed by atoms with E-state index in [1.165, 1.54) is 24.8 Å². The fraction of sp³-hybridized carbons (Fsp3) is 0.647. The first-order valence-electron chi connectivity index (χ1n) is 7.27. The predicted octanol–water partition coefficient (Wildman–Crippen LogP) is 4.55. The van der Waals surface area contributed by atoms with E-state index in [1.807, 2.05) is 0 Å². The normalized spacial score (nSPS) is 28.9. The van der Waals surface area contributed by atoms with Gasteiger partial charge in [0.2, 0.25) is 0 Å². The molecule has 0 bridgehead atoms. The topological polar surface area (TPSA) is 12.0 Å². The van der Waals surface area contributed by atoms with Crippen LogP contribution in [0.5, 0.6) is 0 Å². The summed E-state index contributed by atoms with van der Waals surface area (Å²) < 4.78 is 0. The smallest absolute Gasteiger partial charge is 0.0294 e. The summed E-state index contributed by atoms with van der Waals surface area (Å²) in [6, 6.07) is 11.9. The molecule has 0 heterocycles. The Morgan fingerprint density at radius 1 is 1.17 bits per heavy atom. The molecule has 1 N–H and O–H groups in total. The third-order valence-corrected chi connectivity index (χ3v) is 4.17. The highest BCUT2D eigenvalue weighted by Gasteiger charge is 2.32. The number of hydrogen-bond donors (Lipinski definition) is 1. The molecule has 100 valence electrons. The lowest BCUT2D eigenvalue weighted by atomic mass is 9.70. The Kier molecular flexibility index (Phi) is 4.11. The van der Waals surface area contributed by atoms with Gasteiger partial charge in [-0.2, -0.15) is 0 Å². The first-order chi connectivity index (χ1) is 8.46. The molecule has 1 saturated carbocycles. The summed E-state index contributed by atoms with van der Waals surface area (Å²) in [4.78, 5) is 0. The van der Waals surface area contributed by atoms with Crippen LogP contribution < -0.4 is 5.32 Å². The van der Waals surface area contributed by atoms with Crippen molar-refractivity contribution in [1.29, 1.82) is 0 Å². The van der Waals surface area contributed by atoms with Crippen molar-refractivity contribution in [1.82, 2.24) is 5.32 Å². The average Bonchev–Trinajstić information content (AvgIpc) is 2.27. The van der Waals surface area contributed by atoms with Crippen molar-refractivity contribution < 1.29 is 0 Å². The van der Waals surface area contributed by atoms with Gasteiger partial charge in [-0.05, 0) is 43.1 Å². The summed E-state index contributed by atoms with van der Waals surface area (Å²) in [6.07, 6.45) is 3.99. The van der Waals surface area contributed by atoms with Gasteiger partial charge in [-0.25, -0.2) is 0 Å². The van der Waals surface area contributed by atoms with Gasteiger partial charge in [0, 0.05) is 12.1 Å². The molecule has 1 aliphatic rings. The largest absolute Gasteiger partial charge is 0.307 e. The van der Waals surface area contributed by atoms with Gasteiger partial charge in [-0.15, -0.1) is 0 Å². The van der Waals surface area contributed by atoms with E-state index in [0.717, 1.165) is 5.92 Å². The van der Waals surface area contributed by atoms with Gasteiger partial charge in [-0.3, -0.25) is 0 Å². The lowest BCUT2D eigenvalue weighted by Gasteiger charge is -2.40. The van der Waals surface area contributed by atoms with Crippen LogP contribution in [0.25, 0.3) is 0 Å². The van der Waals surface area contributed by atoms with Crippen molar-refractivity contribution >= 4 is 0 Å². The maximum Gasteiger partial charge on any atom is 0.0294 e. The van der Waals surface area contributed by atoms with Crippen LogP contribution in [0, 0.1) is 11.3 Å². The van der Waals surface area contributed by atoms with E-state index in [0.29, 0.717) is 17.5 Å². The molecule has 1 nitrogen and oxygen atoms in total. The lowest BCUT2D eigenvalue weighted by molar-refractivity contribution is 0.145. The van der Waals surface area contributed by atoms with Crippen molar-refractivity contribution in [3.05, 3.63) is 35.9 Å². The molecule has 0 aromatic heterocycles. The molecule has 0 amide bonds. The standard InChI is InChI=1S/C17H27N/c1-13-10-16(12-17(3,4)11-13)18-14(2)15-8-6-5-7-9-15/h5-9,13-14,16,18H,10-12H2,1-4H3. The molecule has 1 aromatic rings. The monoisotopic (exact) mass is 245 g/mol. The van der Waals surface area contributed by atoms with Gasteiger partial charge in [0.25, 0.3) is 0 Å². The minimum atomic E-state index is 0.456. The van der Waals surface area contributed by atoms with Crippen molar-refractivity contribution in [2.75, 3.05) is 0 Å². The Balaban J connectivity index is 1.97. The van der Waals surface area contributed by atoms with Gasteiger partial charge in [-0.1, -0.05) is 51.1 Å². The average molecular weight is 245 g/mol. The van der Waals surface area contributed by atoms with Crippen LogP contribution in [0.3, 0.4) is 0 Å². The Labute approximate surface area is 112 Å². The number of benzene rings is 1. The van der Waals surface area contributed by atoms with Crippen LogP contribution in [0.15, 0.2) is 30.3 Å². The molecular weight excluding hydrogens is 218 g/mol. The van der Waals surface area contributed by atoms with Crippen LogP contribution in [0.1, 0.15) is 58.6 Å². The van der Waals surface area contributed by atoms with Gasteiger partial charge in [0.1, 0.15) is 0 Å². The summed E-state index contributed by atoms with van der Waals surface area (Å²) in [5, 5.41) is 3.82. The van der Waals surface area contributed by atoms with Gasteiger partial charge >= 0.3 is 0 Å². The van der Waals surface area contributed by atoms with Crippen LogP contribution in [0.2, 0.25) is 0 Å². The summed E-state index contributed by atoms with van der Waals surface area (Å²) in [5.41, 5.74) is 1.89. The molecule has 0 radical (unpaired) electrons. The Morgan fingerprint density at radius 3 is 2.44 bits per heavy atom. The zero-order valence-corrected chi connectivity index (χ0v) is 12.2. The highest BCUT2D eigenvalue weighted by atomic mass is 14.9. The number of rotatable bonds is 3. The van der Waals surface area contributed by atoms with Crippen LogP contribution in [-0.4, -0.2) is 6.04 Å². The van der Waals surface area contributed by atoms with Crippen molar-refractivity contribution in [2.45, 2.75) is 59.0 Å². The fourth-order valence-electron chi connectivity index (χ4n) is 3.66. The molecule has 18 heavy (non-hydrogen) atoms. The van der Waals surface area contributed by atoms with Crippen molar-refractivity contribution in [3.8, 4) is 0 Å². The quantitative estimate of drug-likeness (QED) is 0.823. The minimum absolute atomic E-state index is 0.456. The minimum Gasteiger partial charge on any atom is -0.307 e. The summed E-state index contributed by atoms with van der Waals surface area (Å²) in [6.45, 7) is 9.49. The molecule has 0 saturated heterocycles. The van der Waals surface area contributed by atoms with E-state index >= 15 is 0 Å². The highest BCUT2D eigenvalue weighted by molar-refractivity contribution is 5.18. The highest BCUT2D eigenvalue weighted by Crippen LogP contribution is 2.39. The Bertz CT molecular complexity index is 368. The molecule has 1 aromatic carbocycles. The van der Waals surface area contributed by atoms with E-state index in [4.69, 9.17) is 0 Å². The molecule has 1 heteroatoms. The second-order valence-electron chi connectivity index (χ2n) is 6.91. The van der Waals surface area contributed by atoms with E-state index in [1.54, 1.807) is 0 Å². The van der Waals surface area contributed by atoms with Crippen molar-refractivity contribution in [3.63, 3.8) is 0 Å². The first kappa shape index (κ1) is 13.6. The molecule has 3 atom stereocenters. The summed E-state index contributed by atoms with van der Waals surface area (Å²) in [7, 11) is 0. The molecule has 0 spiro atoms. The van der Waals surface area contributed by atoms with Gasteiger partial charge in [0.15, 0.2) is 0 Å². The zero-order chi connectivity index (χ0) is 13.2. The second-order valence-corrected chi connectivity index (χ2v) is 6.91. The molecule has 0 aliphatic heterocycles. The van der Waals surface area contributed by atoms with Crippen molar-refractivity contribution in [2.24, 2.45) is 11.3 Å². The molecule has 1 aliphatic carbocycles. The SMILES string of the molecule is CC1CC(NC(C)c2ccccc2)CC(C)(C)C1. The predicted molar refractivity (Wildman–Crippen MR) is 78.6 cm³/mol. The van der Waals surface area contributed by atoms with E-state index in [-0.39, 0.29) is 0 Å². The molecule has 3 unspecified atom stereocenters. The molecule has 1 fully saturated rings. The Hall–Kier alpha value is -0.820. The first-order valence-corrected chi connectivity index (χ1v) is 7.27. The maximum atomic E-state index is 3.82. The zero-order valence-electron chi connectivity index (χ0n) is 12.2. The summed E-state index contributed by atoms with van der Waals surface area (Å²) >= 11 is 0. The fourth-order valence-corrected chi connectivity index (χ4v) is 3.66. The van der Waals surface area contributed by atoms with Gasteiger partial charge < -0.3 is 5.32 Å². The Morgan fingerprint density at radius 2 is 1.83 bits per heavy atom. The summed E-state index contributed by atoms with van der Waals surface area (Å²) in [5.74, 6) is 0.842. The van der Waals surface area contributed by atoms with Crippen LogP contribution in [0.4, 0.5) is 0 Å². The molecule has 2 rings (SSSR count). The second kappa shape index (κ2) is 5.44.